The summed E-state index contributed by atoms with van der Waals surface area (Å²) in [4.78, 5) is 28.7. The van der Waals surface area contributed by atoms with Gasteiger partial charge in [-0.3, -0.25) is 9.59 Å². The van der Waals surface area contributed by atoms with E-state index in [0.29, 0.717) is 5.13 Å². The average molecular weight is 335 g/mol. The van der Waals surface area contributed by atoms with Gasteiger partial charge in [0.05, 0.1) is 11.3 Å². The van der Waals surface area contributed by atoms with Crippen LogP contribution in [0.5, 0.6) is 0 Å². The zero-order valence-corrected chi connectivity index (χ0v) is 13.9. The third kappa shape index (κ3) is 4.35. The first-order chi connectivity index (χ1) is 10.9. The molecule has 0 unspecified atom stereocenters. The predicted molar refractivity (Wildman–Crippen MR) is 88.0 cm³/mol. The van der Waals surface area contributed by atoms with E-state index in [2.05, 4.69) is 15.6 Å². The minimum Gasteiger partial charge on any atom is -0.340 e. The lowest BCUT2D eigenvalue weighted by atomic mass is 10.0. The number of aryl methyl sites for hydroxylation is 1. The molecule has 0 radical (unpaired) electrons. The molecule has 1 atom stereocenters. The fourth-order valence-electron chi connectivity index (χ4n) is 1.99. The van der Waals surface area contributed by atoms with Crippen molar-refractivity contribution in [3.05, 3.63) is 46.7 Å². The zero-order valence-electron chi connectivity index (χ0n) is 13.1. The molecular formula is C16H18FN3O2S. The molecule has 0 aliphatic carbocycles. The number of amides is 2. The maximum Gasteiger partial charge on any atom is 0.254 e. The summed E-state index contributed by atoms with van der Waals surface area (Å²) in [5.41, 5.74) is 0.720. The van der Waals surface area contributed by atoms with Gasteiger partial charge in [-0.1, -0.05) is 26.0 Å². The minimum atomic E-state index is -0.786. The number of hydrogen-bond donors (Lipinski definition) is 2. The smallest absolute Gasteiger partial charge is 0.254 e. The summed E-state index contributed by atoms with van der Waals surface area (Å²) in [6, 6.07) is 4.87. The number of carbonyl (C=O) groups excluding carboxylic acids is 2. The van der Waals surface area contributed by atoms with Crippen LogP contribution in [0.1, 0.15) is 29.9 Å². The number of benzene rings is 1. The van der Waals surface area contributed by atoms with E-state index in [1.165, 1.54) is 29.5 Å². The van der Waals surface area contributed by atoms with Crippen LogP contribution in [0.25, 0.3) is 0 Å². The Kier molecular flexibility index (Phi) is 5.44. The van der Waals surface area contributed by atoms with E-state index in [9.17, 15) is 14.0 Å². The summed E-state index contributed by atoms with van der Waals surface area (Å²) in [5, 5.41) is 7.55. The van der Waals surface area contributed by atoms with E-state index < -0.39 is 17.8 Å². The van der Waals surface area contributed by atoms with Crippen molar-refractivity contribution < 1.29 is 14.0 Å². The molecule has 2 amide bonds. The summed E-state index contributed by atoms with van der Waals surface area (Å²) in [7, 11) is 0. The van der Waals surface area contributed by atoms with Crippen LogP contribution in [0.3, 0.4) is 0 Å². The van der Waals surface area contributed by atoms with Crippen LogP contribution < -0.4 is 10.6 Å². The van der Waals surface area contributed by atoms with Crippen LogP contribution >= 0.6 is 11.3 Å². The first-order valence-corrected chi connectivity index (χ1v) is 8.05. The predicted octanol–water partition coefficient (Wildman–Crippen LogP) is 2.98. The lowest BCUT2D eigenvalue weighted by Gasteiger charge is -2.21. The number of aromatic nitrogens is 1. The fourth-order valence-corrected chi connectivity index (χ4v) is 2.68. The molecular weight excluding hydrogens is 317 g/mol. The van der Waals surface area contributed by atoms with Crippen molar-refractivity contribution in [2.75, 3.05) is 5.32 Å². The van der Waals surface area contributed by atoms with Gasteiger partial charge in [0, 0.05) is 5.38 Å². The number of halogens is 1. The third-order valence-corrected chi connectivity index (χ3v) is 4.08. The van der Waals surface area contributed by atoms with E-state index in [0.717, 1.165) is 5.69 Å². The quantitative estimate of drug-likeness (QED) is 0.882. The van der Waals surface area contributed by atoms with Crippen molar-refractivity contribution in [3.8, 4) is 0 Å². The van der Waals surface area contributed by atoms with Crippen molar-refractivity contribution in [1.29, 1.82) is 0 Å². The van der Waals surface area contributed by atoms with Crippen LogP contribution in [0.2, 0.25) is 0 Å². The van der Waals surface area contributed by atoms with E-state index in [1.807, 2.05) is 12.3 Å². The van der Waals surface area contributed by atoms with E-state index >= 15 is 0 Å². The minimum absolute atomic E-state index is 0.0870. The number of nitrogens with one attached hydrogen (secondary N) is 2. The van der Waals surface area contributed by atoms with Crippen molar-refractivity contribution in [2.24, 2.45) is 5.92 Å². The highest BCUT2D eigenvalue weighted by molar-refractivity contribution is 7.13. The molecule has 0 saturated heterocycles. The molecule has 1 aromatic carbocycles. The average Bonchev–Trinajstić information content (AvgIpc) is 2.89. The highest BCUT2D eigenvalue weighted by atomic mass is 32.1. The molecule has 1 aromatic heterocycles. The molecule has 0 bridgehead atoms. The van der Waals surface area contributed by atoms with Gasteiger partial charge >= 0.3 is 0 Å². The van der Waals surface area contributed by atoms with E-state index in [4.69, 9.17) is 0 Å². The van der Waals surface area contributed by atoms with Gasteiger partial charge in [-0.15, -0.1) is 11.3 Å². The zero-order chi connectivity index (χ0) is 17.0. The molecule has 2 rings (SSSR count). The Balaban J connectivity index is 2.10. The number of anilines is 1. The maximum atomic E-state index is 13.7. The van der Waals surface area contributed by atoms with Gasteiger partial charge in [0.2, 0.25) is 5.91 Å². The number of carbonyl (C=O) groups is 2. The van der Waals surface area contributed by atoms with Crippen molar-refractivity contribution >= 4 is 28.3 Å². The molecule has 0 aliphatic heterocycles. The first kappa shape index (κ1) is 17.1. The van der Waals surface area contributed by atoms with Gasteiger partial charge in [0.1, 0.15) is 11.9 Å². The Bertz CT molecular complexity index is 715. The van der Waals surface area contributed by atoms with E-state index in [-0.39, 0.29) is 17.4 Å². The van der Waals surface area contributed by atoms with Gasteiger partial charge in [0.15, 0.2) is 5.13 Å². The van der Waals surface area contributed by atoms with Gasteiger partial charge in [-0.2, -0.15) is 0 Å². The van der Waals surface area contributed by atoms with Gasteiger partial charge in [-0.05, 0) is 25.0 Å². The lowest BCUT2D eigenvalue weighted by molar-refractivity contribution is -0.118. The molecule has 23 heavy (non-hydrogen) atoms. The summed E-state index contributed by atoms with van der Waals surface area (Å²) in [6.07, 6.45) is 0. The molecule has 0 saturated carbocycles. The Morgan fingerprint density at radius 3 is 2.52 bits per heavy atom. The fraction of sp³-hybridized carbons (Fsp3) is 0.312. The largest absolute Gasteiger partial charge is 0.340 e. The Morgan fingerprint density at radius 2 is 1.96 bits per heavy atom. The second-order valence-electron chi connectivity index (χ2n) is 5.46. The monoisotopic (exact) mass is 335 g/mol. The standard InChI is InChI=1S/C16H18FN3O2S/c1-9(2)13(15(22)20-16-18-10(3)8-23-16)19-14(21)11-6-4-5-7-12(11)17/h4-9,13H,1-3H3,(H,19,21)(H,18,20,22)/t13-/m0/s1. The summed E-state index contributed by atoms with van der Waals surface area (Å²) in [5.74, 6) is -1.78. The SMILES string of the molecule is Cc1csc(NC(=O)[C@@H](NC(=O)c2ccccc2F)C(C)C)n1. The molecule has 1 heterocycles. The van der Waals surface area contributed by atoms with Gasteiger partial charge in [-0.25, -0.2) is 9.37 Å². The Labute approximate surface area is 137 Å². The van der Waals surface area contributed by atoms with Gasteiger partial charge < -0.3 is 10.6 Å². The topological polar surface area (TPSA) is 71.1 Å². The van der Waals surface area contributed by atoms with E-state index in [1.54, 1.807) is 19.9 Å². The van der Waals surface area contributed by atoms with Gasteiger partial charge in [0.25, 0.3) is 5.91 Å². The molecule has 122 valence electrons. The second-order valence-corrected chi connectivity index (χ2v) is 6.32. The molecule has 0 spiro atoms. The van der Waals surface area contributed by atoms with Crippen LogP contribution in [0, 0.1) is 18.7 Å². The van der Waals surface area contributed by atoms with Crippen molar-refractivity contribution in [2.45, 2.75) is 26.8 Å². The maximum absolute atomic E-state index is 13.7. The lowest BCUT2D eigenvalue weighted by Crippen LogP contribution is -2.47. The van der Waals surface area contributed by atoms with Crippen LogP contribution in [0.15, 0.2) is 29.6 Å². The number of thiazole rings is 1. The first-order valence-electron chi connectivity index (χ1n) is 7.17. The summed E-state index contributed by atoms with van der Waals surface area (Å²) >= 11 is 1.31. The van der Waals surface area contributed by atoms with Crippen molar-refractivity contribution in [1.82, 2.24) is 10.3 Å². The number of hydrogen-bond acceptors (Lipinski definition) is 4. The molecule has 0 fully saturated rings. The molecule has 2 aromatic rings. The molecule has 7 heteroatoms. The van der Waals surface area contributed by atoms with Crippen LogP contribution in [-0.2, 0) is 4.79 Å². The number of nitrogens with zero attached hydrogens (tertiary/aromatic N) is 1. The Hall–Kier alpha value is -2.28. The summed E-state index contributed by atoms with van der Waals surface area (Å²) in [6.45, 7) is 5.43. The van der Waals surface area contributed by atoms with Crippen molar-refractivity contribution in [3.63, 3.8) is 0 Å². The normalized spacial score (nSPS) is 12.0. The van der Waals surface area contributed by atoms with Crippen LogP contribution in [0.4, 0.5) is 9.52 Å². The van der Waals surface area contributed by atoms with Crippen LogP contribution in [-0.4, -0.2) is 22.8 Å². The molecule has 0 aliphatic rings. The highest BCUT2D eigenvalue weighted by Gasteiger charge is 2.26. The summed E-state index contributed by atoms with van der Waals surface area (Å²) < 4.78 is 13.7. The number of rotatable bonds is 5. The highest BCUT2D eigenvalue weighted by Crippen LogP contribution is 2.16. The second kappa shape index (κ2) is 7.32. The third-order valence-electron chi connectivity index (χ3n) is 3.20. The molecule has 5 nitrogen and oxygen atoms in total. The Morgan fingerprint density at radius 1 is 1.26 bits per heavy atom. The molecule has 2 N–H and O–H groups in total.